The molecule has 0 amide bonds. The lowest BCUT2D eigenvalue weighted by Gasteiger charge is -2.19. The van der Waals surface area contributed by atoms with Crippen molar-refractivity contribution in [2.45, 2.75) is 38.0 Å². The molecule has 2 aliphatic rings. The Morgan fingerprint density at radius 3 is 2.55 bits per heavy atom. The average Bonchev–Trinajstić information content (AvgIpc) is 3.18. The number of fused-ring (bicyclic) bond motifs is 3. The summed E-state index contributed by atoms with van der Waals surface area (Å²) in [5, 5.41) is 9.10. The topological polar surface area (TPSA) is 46.5 Å². The molecule has 0 radical (unpaired) electrons. The summed E-state index contributed by atoms with van der Waals surface area (Å²) in [5.41, 5.74) is 7.71. The van der Waals surface area contributed by atoms with Gasteiger partial charge in [-0.3, -0.25) is 0 Å². The van der Waals surface area contributed by atoms with E-state index in [1.165, 1.54) is 28.7 Å². The Morgan fingerprint density at radius 1 is 1.03 bits per heavy atom. The molecule has 2 aliphatic carbocycles. The van der Waals surface area contributed by atoms with Crippen LogP contribution in [0.15, 0.2) is 66.7 Å². The van der Waals surface area contributed by atoms with Gasteiger partial charge >= 0.3 is 5.97 Å². The van der Waals surface area contributed by atoms with E-state index in [2.05, 4.69) is 43.3 Å². The lowest BCUT2D eigenvalue weighted by atomic mass is 9.85. The molecule has 0 spiro atoms. The van der Waals surface area contributed by atoms with Crippen molar-refractivity contribution in [2.24, 2.45) is 11.8 Å². The predicted octanol–water partition coefficient (Wildman–Crippen LogP) is 5.48. The highest BCUT2D eigenvalue weighted by Crippen LogP contribution is 2.68. The summed E-state index contributed by atoms with van der Waals surface area (Å²) < 4.78 is 5.41. The zero-order valence-corrected chi connectivity index (χ0v) is 18.1. The van der Waals surface area contributed by atoms with Gasteiger partial charge in [0.1, 0.15) is 5.75 Å². The van der Waals surface area contributed by atoms with Gasteiger partial charge in [-0.05, 0) is 95.0 Å². The van der Waals surface area contributed by atoms with Crippen LogP contribution in [-0.4, -0.2) is 18.2 Å². The first kappa shape index (κ1) is 19.9. The van der Waals surface area contributed by atoms with Crippen molar-refractivity contribution in [2.75, 3.05) is 7.11 Å². The lowest BCUT2D eigenvalue weighted by molar-refractivity contribution is 0.0697. The maximum absolute atomic E-state index is 11.1. The minimum absolute atomic E-state index is 0.266. The summed E-state index contributed by atoms with van der Waals surface area (Å²) in [5.74, 6) is 1.47. The fourth-order valence-corrected chi connectivity index (χ4v) is 5.88. The number of carboxylic acids is 1. The van der Waals surface area contributed by atoms with Crippen LogP contribution in [0.1, 0.15) is 45.1 Å². The number of rotatable bonds is 7. The molecule has 1 saturated carbocycles. The highest BCUT2D eigenvalue weighted by molar-refractivity contribution is 5.87. The molecule has 31 heavy (non-hydrogen) atoms. The Labute approximate surface area is 183 Å². The van der Waals surface area contributed by atoms with Crippen LogP contribution in [0.3, 0.4) is 0 Å². The van der Waals surface area contributed by atoms with E-state index in [0.717, 1.165) is 30.9 Å². The standard InChI is InChI=1S/C28H28O3/c1-28-24(16-19-5-3-8-23(15-19)31-2)25(28)17-22-7-4-6-20(26(22)28)12-9-18-10-13-21(14-11-18)27(29)30/h3-8,10-11,13-15,24-25H,9,12,16-17H2,1-2H3,(H,29,30)/t24?,25?,28-/m0/s1. The average molecular weight is 413 g/mol. The van der Waals surface area contributed by atoms with E-state index in [1.54, 1.807) is 24.8 Å². The van der Waals surface area contributed by atoms with Crippen LogP contribution < -0.4 is 4.74 Å². The predicted molar refractivity (Wildman–Crippen MR) is 122 cm³/mol. The SMILES string of the molecule is COc1cccc(CC2C3Cc4cccc(CCc5ccc(C(=O)O)cc5)c4[C@@]23C)c1. The van der Waals surface area contributed by atoms with Crippen LogP contribution in [-0.2, 0) is 31.1 Å². The van der Waals surface area contributed by atoms with Gasteiger partial charge in [-0.1, -0.05) is 49.4 Å². The van der Waals surface area contributed by atoms with Crippen molar-refractivity contribution >= 4 is 5.97 Å². The van der Waals surface area contributed by atoms with Crippen LogP contribution in [0.2, 0.25) is 0 Å². The number of hydrogen-bond acceptors (Lipinski definition) is 2. The molecule has 0 aliphatic heterocycles. The van der Waals surface area contributed by atoms with Gasteiger partial charge in [0.2, 0.25) is 0 Å². The molecule has 2 unspecified atom stereocenters. The maximum atomic E-state index is 11.1. The van der Waals surface area contributed by atoms with E-state index in [1.807, 2.05) is 18.2 Å². The largest absolute Gasteiger partial charge is 0.497 e. The Morgan fingerprint density at radius 2 is 1.81 bits per heavy atom. The molecular formula is C28H28O3. The van der Waals surface area contributed by atoms with Crippen molar-refractivity contribution in [1.29, 1.82) is 0 Å². The molecule has 0 bridgehead atoms. The highest BCUT2D eigenvalue weighted by Gasteiger charge is 2.65. The third kappa shape index (κ3) is 3.42. The van der Waals surface area contributed by atoms with Gasteiger partial charge in [-0.25, -0.2) is 4.79 Å². The van der Waals surface area contributed by atoms with E-state index in [9.17, 15) is 4.79 Å². The number of hydrogen-bond donors (Lipinski definition) is 1. The van der Waals surface area contributed by atoms with Crippen molar-refractivity contribution in [3.05, 3.63) is 100 Å². The normalized spacial score (nSPS) is 23.2. The van der Waals surface area contributed by atoms with Crippen molar-refractivity contribution in [3.63, 3.8) is 0 Å². The summed E-state index contributed by atoms with van der Waals surface area (Å²) in [6.07, 6.45) is 4.20. The number of benzene rings is 3. The molecule has 3 aromatic carbocycles. The van der Waals surface area contributed by atoms with Crippen LogP contribution in [0.5, 0.6) is 5.75 Å². The monoisotopic (exact) mass is 412 g/mol. The van der Waals surface area contributed by atoms with Crippen LogP contribution in [0.4, 0.5) is 0 Å². The third-order valence-corrected chi connectivity index (χ3v) is 7.61. The minimum Gasteiger partial charge on any atom is -0.497 e. The molecule has 3 heteroatoms. The second-order valence-electron chi connectivity index (χ2n) is 9.21. The van der Waals surface area contributed by atoms with Crippen LogP contribution in [0, 0.1) is 11.8 Å². The quantitative estimate of drug-likeness (QED) is 0.559. The second kappa shape index (κ2) is 7.56. The van der Waals surface area contributed by atoms with E-state index < -0.39 is 5.97 Å². The van der Waals surface area contributed by atoms with Crippen LogP contribution in [0.25, 0.3) is 0 Å². The maximum Gasteiger partial charge on any atom is 0.335 e. The third-order valence-electron chi connectivity index (χ3n) is 7.61. The van der Waals surface area contributed by atoms with E-state index in [0.29, 0.717) is 11.5 Å². The molecule has 0 aromatic heterocycles. The number of carbonyl (C=O) groups is 1. The van der Waals surface area contributed by atoms with Gasteiger partial charge in [0.05, 0.1) is 12.7 Å². The number of carboxylic acid groups (broad SMARTS) is 1. The number of methoxy groups -OCH3 is 1. The van der Waals surface area contributed by atoms with Gasteiger partial charge in [0, 0.05) is 0 Å². The molecule has 3 nitrogen and oxygen atoms in total. The first-order valence-electron chi connectivity index (χ1n) is 11.1. The molecular weight excluding hydrogens is 384 g/mol. The summed E-state index contributed by atoms with van der Waals surface area (Å²) in [4.78, 5) is 11.1. The van der Waals surface area contributed by atoms with Crippen molar-refractivity contribution in [1.82, 2.24) is 0 Å². The van der Waals surface area contributed by atoms with E-state index >= 15 is 0 Å². The molecule has 0 saturated heterocycles. The zero-order valence-electron chi connectivity index (χ0n) is 18.1. The number of aryl methyl sites for hydroxylation is 2. The summed E-state index contributed by atoms with van der Waals surface area (Å²) >= 11 is 0. The number of ether oxygens (including phenoxy) is 1. The highest BCUT2D eigenvalue weighted by atomic mass is 16.5. The molecule has 5 rings (SSSR count). The fourth-order valence-electron chi connectivity index (χ4n) is 5.88. The minimum atomic E-state index is -0.873. The number of aromatic carboxylic acids is 1. The molecule has 1 N–H and O–H groups in total. The molecule has 158 valence electrons. The second-order valence-corrected chi connectivity index (χ2v) is 9.21. The molecule has 3 atom stereocenters. The van der Waals surface area contributed by atoms with Gasteiger partial charge in [-0.15, -0.1) is 0 Å². The van der Waals surface area contributed by atoms with Crippen molar-refractivity contribution in [3.8, 4) is 5.75 Å². The van der Waals surface area contributed by atoms with E-state index in [-0.39, 0.29) is 5.41 Å². The van der Waals surface area contributed by atoms with Crippen LogP contribution >= 0.6 is 0 Å². The summed E-state index contributed by atoms with van der Waals surface area (Å²) in [7, 11) is 1.73. The Kier molecular flexibility index (Phi) is 4.85. The fraction of sp³-hybridized carbons (Fsp3) is 0.321. The van der Waals surface area contributed by atoms with Gasteiger partial charge < -0.3 is 9.84 Å². The summed E-state index contributed by atoms with van der Waals surface area (Å²) in [6.45, 7) is 2.46. The first-order chi connectivity index (χ1) is 15.0. The first-order valence-corrected chi connectivity index (χ1v) is 11.1. The zero-order chi connectivity index (χ0) is 21.6. The van der Waals surface area contributed by atoms with E-state index in [4.69, 9.17) is 9.84 Å². The Bertz CT molecular complexity index is 1130. The lowest BCUT2D eigenvalue weighted by Crippen LogP contribution is -2.11. The molecule has 3 aromatic rings. The molecule has 1 fully saturated rings. The smallest absolute Gasteiger partial charge is 0.335 e. The molecule has 0 heterocycles. The van der Waals surface area contributed by atoms with Gasteiger partial charge in [0.15, 0.2) is 0 Å². The van der Waals surface area contributed by atoms with Crippen molar-refractivity contribution < 1.29 is 14.6 Å². The Hall–Kier alpha value is -3.07. The van der Waals surface area contributed by atoms with Gasteiger partial charge in [-0.2, -0.15) is 0 Å². The Balaban J connectivity index is 1.34. The summed E-state index contributed by atoms with van der Waals surface area (Å²) in [6, 6.07) is 22.6. The van der Waals surface area contributed by atoms with Gasteiger partial charge in [0.25, 0.3) is 0 Å².